The average Bonchev–Trinajstić information content (AvgIpc) is 2.61. The van der Waals surface area contributed by atoms with Gasteiger partial charge in [-0.2, -0.15) is 0 Å². The second-order valence-corrected chi connectivity index (χ2v) is 7.67. The van der Waals surface area contributed by atoms with Gasteiger partial charge in [-0.3, -0.25) is 4.79 Å². The summed E-state index contributed by atoms with van der Waals surface area (Å²) in [6.45, 7) is 3.98. The van der Waals surface area contributed by atoms with Crippen molar-refractivity contribution in [2.24, 2.45) is 0 Å². The van der Waals surface area contributed by atoms with Crippen molar-refractivity contribution in [3.8, 4) is 0 Å². The van der Waals surface area contributed by atoms with Crippen molar-refractivity contribution in [2.75, 3.05) is 0 Å². The van der Waals surface area contributed by atoms with Gasteiger partial charge in [0.2, 0.25) is 0 Å². The van der Waals surface area contributed by atoms with E-state index in [0.29, 0.717) is 6.42 Å². The Morgan fingerprint density at radius 1 is 0.885 bits per heavy atom. The number of carboxylic acids is 1. The molecule has 0 saturated carbocycles. The zero-order valence-electron chi connectivity index (χ0n) is 14.9. The zero-order chi connectivity index (χ0) is 18.7. The molecule has 1 N–H and O–H groups in total. The van der Waals surface area contributed by atoms with Gasteiger partial charge < -0.3 is 5.11 Å². The molecule has 0 heterocycles. The molecule has 0 aromatic heterocycles. The van der Waals surface area contributed by atoms with Gasteiger partial charge in [-0.1, -0.05) is 87.7 Å². The lowest BCUT2D eigenvalue weighted by molar-refractivity contribution is -0.142. The fourth-order valence-corrected chi connectivity index (χ4v) is 3.69. The predicted molar refractivity (Wildman–Crippen MR) is 109 cm³/mol. The van der Waals surface area contributed by atoms with Gasteiger partial charge in [0, 0.05) is 4.47 Å². The number of carboxylic acid groups (broad SMARTS) is 1. The van der Waals surface area contributed by atoms with Crippen molar-refractivity contribution in [2.45, 2.75) is 25.7 Å². The summed E-state index contributed by atoms with van der Waals surface area (Å²) in [7, 11) is 0. The Bertz CT molecular complexity index is 883. The lowest BCUT2D eigenvalue weighted by atomic mass is 9.70. The van der Waals surface area contributed by atoms with Crippen molar-refractivity contribution >= 4 is 21.9 Å². The van der Waals surface area contributed by atoms with Gasteiger partial charge in [-0.15, -0.1) is 0 Å². The van der Waals surface area contributed by atoms with Gasteiger partial charge in [0.25, 0.3) is 0 Å². The van der Waals surface area contributed by atoms with Crippen LogP contribution < -0.4 is 0 Å². The SMILES string of the molecule is Cc1cccc(C(Cc2ccc(Br)cc2)(C(=O)O)c2cccc(C)c2)c1. The Balaban J connectivity index is 2.24. The van der Waals surface area contributed by atoms with E-state index in [-0.39, 0.29) is 0 Å². The maximum absolute atomic E-state index is 12.7. The number of aryl methyl sites for hydroxylation is 2. The zero-order valence-corrected chi connectivity index (χ0v) is 16.5. The second-order valence-electron chi connectivity index (χ2n) is 6.75. The van der Waals surface area contributed by atoms with E-state index in [0.717, 1.165) is 32.3 Å². The molecule has 0 atom stereocenters. The Kier molecular flexibility index (Phi) is 5.28. The molecule has 132 valence electrons. The van der Waals surface area contributed by atoms with Crippen LogP contribution in [-0.4, -0.2) is 11.1 Å². The summed E-state index contributed by atoms with van der Waals surface area (Å²) < 4.78 is 0.980. The first-order valence-corrected chi connectivity index (χ1v) is 9.33. The van der Waals surface area contributed by atoms with E-state index in [1.54, 1.807) is 0 Å². The van der Waals surface area contributed by atoms with Crippen LogP contribution in [0.5, 0.6) is 0 Å². The molecule has 3 aromatic rings. The van der Waals surface area contributed by atoms with Crippen molar-refractivity contribution < 1.29 is 9.90 Å². The van der Waals surface area contributed by atoms with Crippen LogP contribution in [0.2, 0.25) is 0 Å². The highest BCUT2D eigenvalue weighted by Gasteiger charge is 2.42. The second kappa shape index (κ2) is 7.46. The molecule has 0 aliphatic carbocycles. The average molecular weight is 409 g/mol. The molecule has 0 aliphatic rings. The maximum Gasteiger partial charge on any atom is 0.318 e. The van der Waals surface area contributed by atoms with Crippen LogP contribution in [0.25, 0.3) is 0 Å². The highest BCUT2D eigenvalue weighted by atomic mass is 79.9. The molecule has 0 bridgehead atoms. The molecule has 3 aromatic carbocycles. The molecular weight excluding hydrogens is 388 g/mol. The van der Waals surface area contributed by atoms with E-state index in [4.69, 9.17) is 0 Å². The molecule has 2 nitrogen and oxygen atoms in total. The molecule has 0 radical (unpaired) electrons. The summed E-state index contributed by atoms with van der Waals surface area (Å²) in [4.78, 5) is 12.7. The third-order valence-corrected chi connectivity index (χ3v) is 5.30. The number of aliphatic carboxylic acids is 1. The largest absolute Gasteiger partial charge is 0.480 e. The molecule has 0 aliphatic heterocycles. The first-order chi connectivity index (χ1) is 12.4. The highest BCUT2D eigenvalue weighted by molar-refractivity contribution is 9.10. The first kappa shape index (κ1) is 18.4. The van der Waals surface area contributed by atoms with Gasteiger partial charge in [0.05, 0.1) is 0 Å². The Labute approximate surface area is 162 Å². The molecule has 3 heteroatoms. The van der Waals surface area contributed by atoms with E-state index < -0.39 is 11.4 Å². The Hall–Kier alpha value is -2.39. The predicted octanol–water partition coefficient (Wildman–Crippen LogP) is 5.68. The lowest BCUT2D eigenvalue weighted by Crippen LogP contribution is -2.39. The minimum atomic E-state index is -1.13. The summed E-state index contributed by atoms with van der Waals surface area (Å²) in [5.41, 5.74) is 3.56. The summed E-state index contributed by atoms with van der Waals surface area (Å²) >= 11 is 3.45. The molecule has 0 saturated heterocycles. The number of halogens is 1. The van der Waals surface area contributed by atoms with Crippen LogP contribution in [0.4, 0.5) is 0 Å². The monoisotopic (exact) mass is 408 g/mol. The number of carbonyl (C=O) groups is 1. The fourth-order valence-electron chi connectivity index (χ4n) is 3.42. The van der Waals surface area contributed by atoms with Crippen molar-refractivity contribution in [1.82, 2.24) is 0 Å². The standard InChI is InChI=1S/C23H21BrO2/c1-16-5-3-7-19(13-16)23(22(25)26,20-8-4-6-17(2)14-20)15-18-9-11-21(24)12-10-18/h3-14H,15H2,1-2H3,(H,25,26). The number of benzene rings is 3. The normalized spacial score (nSPS) is 11.3. The summed E-state index contributed by atoms with van der Waals surface area (Å²) in [5.74, 6) is -0.836. The van der Waals surface area contributed by atoms with E-state index in [9.17, 15) is 9.90 Å². The molecule has 26 heavy (non-hydrogen) atoms. The molecule has 0 unspecified atom stereocenters. The van der Waals surface area contributed by atoms with Crippen molar-refractivity contribution in [3.05, 3.63) is 105 Å². The van der Waals surface area contributed by atoms with E-state index in [2.05, 4.69) is 15.9 Å². The fraction of sp³-hybridized carbons (Fsp3) is 0.174. The molecule has 0 fully saturated rings. The van der Waals surface area contributed by atoms with Crippen LogP contribution in [0.1, 0.15) is 27.8 Å². The summed E-state index contributed by atoms with van der Waals surface area (Å²) in [5, 5.41) is 10.4. The van der Waals surface area contributed by atoms with Gasteiger partial charge in [-0.25, -0.2) is 0 Å². The van der Waals surface area contributed by atoms with Gasteiger partial charge in [0.1, 0.15) is 5.41 Å². The number of hydrogen-bond donors (Lipinski definition) is 1. The topological polar surface area (TPSA) is 37.3 Å². The highest BCUT2D eigenvalue weighted by Crippen LogP contribution is 2.37. The van der Waals surface area contributed by atoms with Gasteiger partial charge in [-0.05, 0) is 49.1 Å². The maximum atomic E-state index is 12.7. The quantitative estimate of drug-likeness (QED) is 0.589. The van der Waals surface area contributed by atoms with E-state index in [1.807, 2.05) is 86.6 Å². The van der Waals surface area contributed by atoms with Crippen LogP contribution in [0.3, 0.4) is 0 Å². The third kappa shape index (κ3) is 3.58. The van der Waals surface area contributed by atoms with Crippen molar-refractivity contribution in [1.29, 1.82) is 0 Å². The Morgan fingerprint density at radius 3 is 1.81 bits per heavy atom. The van der Waals surface area contributed by atoms with Gasteiger partial charge >= 0.3 is 5.97 Å². The van der Waals surface area contributed by atoms with Crippen molar-refractivity contribution in [3.63, 3.8) is 0 Å². The number of hydrogen-bond acceptors (Lipinski definition) is 1. The lowest BCUT2D eigenvalue weighted by Gasteiger charge is -2.31. The molecule has 3 rings (SSSR count). The van der Waals surface area contributed by atoms with Crippen LogP contribution >= 0.6 is 15.9 Å². The van der Waals surface area contributed by atoms with Crippen LogP contribution in [-0.2, 0) is 16.6 Å². The molecule has 0 spiro atoms. The first-order valence-electron chi connectivity index (χ1n) is 8.54. The van der Waals surface area contributed by atoms with Crippen LogP contribution in [0.15, 0.2) is 77.3 Å². The third-order valence-electron chi connectivity index (χ3n) is 4.77. The van der Waals surface area contributed by atoms with E-state index in [1.165, 1.54) is 0 Å². The summed E-state index contributed by atoms with van der Waals surface area (Å²) in [6, 6.07) is 23.5. The minimum absolute atomic E-state index is 0.391. The van der Waals surface area contributed by atoms with Crippen LogP contribution in [0, 0.1) is 13.8 Å². The van der Waals surface area contributed by atoms with E-state index >= 15 is 0 Å². The number of rotatable bonds is 5. The Morgan fingerprint density at radius 2 is 1.38 bits per heavy atom. The molecular formula is C23H21BrO2. The summed E-state index contributed by atoms with van der Waals surface area (Å²) in [6.07, 6.45) is 0.391. The smallest absolute Gasteiger partial charge is 0.318 e. The van der Waals surface area contributed by atoms with Gasteiger partial charge in [0.15, 0.2) is 0 Å². The minimum Gasteiger partial charge on any atom is -0.480 e. The molecule has 0 amide bonds.